The van der Waals surface area contributed by atoms with Crippen LogP contribution in [0.4, 0.5) is 5.95 Å². The third-order valence-electron chi connectivity index (χ3n) is 5.56. The number of hydrogen-bond donors (Lipinski definition) is 0. The van der Waals surface area contributed by atoms with E-state index in [0.29, 0.717) is 50.1 Å². The molecule has 2 aliphatic heterocycles. The zero-order chi connectivity index (χ0) is 22.6. The summed E-state index contributed by atoms with van der Waals surface area (Å²) in [5, 5.41) is 9.58. The Morgan fingerprint density at radius 1 is 0.970 bits per heavy atom. The molecule has 33 heavy (non-hydrogen) atoms. The van der Waals surface area contributed by atoms with Crippen molar-refractivity contribution in [1.82, 2.24) is 30.0 Å². The molecule has 0 unspecified atom stereocenters. The molecule has 168 valence electrons. The van der Waals surface area contributed by atoms with Gasteiger partial charge in [-0.3, -0.25) is 9.59 Å². The molecule has 4 heterocycles. The van der Waals surface area contributed by atoms with E-state index in [2.05, 4.69) is 25.2 Å². The van der Waals surface area contributed by atoms with Gasteiger partial charge in [-0.2, -0.15) is 10.1 Å². The first kappa shape index (κ1) is 20.7. The van der Waals surface area contributed by atoms with Gasteiger partial charge in [-0.1, -0.05) is 35.5 Å². The maximum absolute atomic E-state index is 12.8. The molecule has 2 amide bonds. The highest BCUT2D eigenvalue weighted by Crippen LogP contribution is 2.19. The second-order valence-corrected chi connectivity index (χ2v) is 7.70. The molecule has 0 N–H and O–H groups in total. The van der Waals surface area contributed by atoms with Crippen molar-refractivity contribution in [3.63, 3.8) is 0 Å². The van der Waals surface area contributed by atoms with Gasteiger partial charge < -0.3 is 14.3 Å². The number of hydrazone groups is 1. The fourth-order valence-electron chi connectivity index (χ4n) is 3.76. The summed E-state index contributed by atoms with van der Waals surface area (Å²) < 4.78 is 5.37. The highest BCUT2D eigenvalue weighted by Gasteiger charge is 2.29. The van der Waals surface area contributed by atoms with Gasteiger partial charge in [-0.15, -0.1) is 0 Å². The van der Waals surface area contributed by atoms with Crippen LogP contribution in [0.15, 0.2) is 58.4 Å². The Morgan fingerprint density at radius 2 is 1.73 bits per heavy atom. The maximum Gasteiger partial charge on any atom is 0.274 e. The van der Waals surface area contributed by atoms with E-state index in [9.17, 15) is 9.59 Å². The van der Waals surface area contributed by atoms with Crippen LogP contribution in [0.3, 0.4) is 0 Å². The van der Waals surface area contributed by atoms with Crippen LogP contribution in [0.5, 0.6) is 0 Å². The minimum absolute atomic E-state index is 0.121. The first-order chi connectivity index (χ1) is 16.2. The smallest absolute Gasteiger partial charge is 0.274 e. The molecule has 11 heteroatoms. The molecule has 2 aromatic heterocycles. The summed E-state index contributed by atoms with van der Waals surface area (Å²) in [6.07, 6.45) is 4.01. The van der Waals surface area contributed by atoms with Crippen molar-refractivity contribution in [2.24, 2.45) is 5.10 Å². The van der Waals surface area contributed by atoms with E-state index in [4.69, 9.17) is 4.52 Å². The van der Waals surface area contributed by atoms with Crippen molar-refractivity contribution in [3.8, 4) is 11.4 Å². The minimum Gasteiger partial charge on any atom is -0.338 e. The molecule has 1 aromatic carbocycles. The third kappa shape index (κ3) is 4.56. The van der Waals surface area contributed by atoms with Crippen molar-refractivity contribution >= 4 is 23.5 Å². The highest BCUT2D eigenvalue weighted by molar-refractivity contribution is 6.01. The van der Waals surface area contributed by atoms with Crippen LogP contribution in [-0.4, -0.2) is 80.3 Å². The van der Waals surface area contributed by atoms with Gasteiger partial charge in [-0.25, -0.2) is 15.0 Å². The van der Waals surface area contributed by atoms with Crippen molar-refractivity contribution in [3.05, 3.63) is 54.7 Å². The minimum atomic E-state index is -0.203. The summed E-state index contributed by atoms with van der Waals surface area (Å²) in [4.78, 5) is 41.9. The quantitative estimate of drug-likeness (QED) is 0.573. The van der Waals surface area contributed by atoms with Crippen LogP contribution < -0.4 is 4.90 Å². The second-order valence-electron chi connectivity index (χ2n) is 7.70. The fraction of sp³-hybridized carbons (Fsp3) is 0.318. The zero-order valence-corrected chi connectivity index (χ0v) is 17.9. The maximum atomic E-state index is 12.8. The van der Waals surface area contributed by atoms with Gasteiger partial charge >= 0.3 is 0 Å². The predicted octanol–water partition coefficient (Wildman–Crippen LogP) is 1.20. The fourth-order valence-corrected chi connectivity index (χ4v) is 3.76. The summed E-state index contributed by atoms with van der Waals surface area (Å²) in [5.41, 5.74) is 1.33. The third-order valence-corrected chi connectivity index (χ3v) is 5.56. The molecule has 11 nitrogen and oxygen atoms in total. The molecular formula is C22H22N8O3. The SMILES string of the molecule is O=C(CN1N=C(c2nc(-c3ccccc3)no2)CCC1=O)N1CCN(c2ncccn2)CC1. The summed E-state index contributed by atoms with van der Waals surface area (Å²) >= 11 is 0. The molecule has 0 radical (unpaired) electrons. The Morgan fingerprint density at radius 3 is 2.48 bits per heavy atom. The number of nitrogens with zero attached hydrogens (tertiary/aromatic N) is 8. The van der Waals surface area contributed by atoms with Crippen LogP contribution in [0.1, 0.15) is 18.7 Å². The summed E-state index contributed by atoms with van der Waals surface area (Å²) in [5.74, 6) is 1.01. The molecule has 1 fully saturated rings. The van der Waals surface area contributed by atoms with E-state index < -0.39 is 0 Å². The predicted molar refractivity (Wildman–Crippen MR) is 118 cm³/mol. The normalized spacial score (nSPS) is 16.7. The van der Waals surface area contributed by atoms with Crippen LogP contribution in [-0.2, 0) is 9.59 Å². The number of piperazine rings is 1. The lowest BCUT2D eigenvalue weighted by Crippen LogP contribution is -2.52. The van der Waals surface area contributed by atoms with Gasteiger partial charge in [-0.05, 0) is 6.07 Å². The molecule has 1 saturated heterocycles. The molecule has 0 atom stereocenters. The summed E-state index contributed by atoms with van der Waals surface area (Å²) in [6, 6.07) is 11.2. The lowest BCUT2D eigenvalue weighted by atomic mass is 10.1. The van der Waals surface area contributed by atoms with Gasteiger partial charge in [0.2, 0.25) is 23.6 Å². The largest absolute Gasteiger partial charge is 0.338 e. The zero-order valence-electron chi connectivity index (χ0n) is 17.9. The number of amides is 2. The van der Waals surface area contributed by atoms with Crippen molar-refractivity contribution in [2.45, 2.75) is 12.8 Å². The summed E-state index contributed by atoms with van der Waals surface area (Å²) in [6.45, 7) is 2.19. The van der Waals surface area contributed by atoms with Crippen molar-refractivity contribution < 1.29 is 14.1 Å². The Hall–Kier alpha value is -4.15. The van der Waals surface area contributed by atoms with Gasteiger partial charge in [0.25, 0.3) is 5.89 Å². The first-order valence-electron chi connectivity index (χ1n) is 10.7. The highest BCUT2D eigenvalue weighted by atomic mass is 16.5. The van der Waals surface area contributed by atoms with Crippen LogP contribution in [0, 0.1) is 0 Å². The van der Waals surface area contributed by atoms with Crippen LogP contribution in [0.2, 0.25) is 0 Å². The van der Waals surface area contributed by atoms with Crippen LogP contribution in [0.25, 0.3) is 11.4 Å². The lowest BCUT2D eigenvalue weighted by molar-refractivity contribution is -0.141. The molecular weight excluding hydrogens is 424 g/mol. The van der Waals surface area contributed by atoms with Gasteiger partial charge in [0.1, 0.15) is 12.3 Å². The number of anilines is 1. The molecule has 5 rings (SSSR count). The van der Waals surface area contributed by atoms with E-state index in [1.54, 1.807) is 23.4 Å². The van der Waals surface area contributed by atoms with Crippen molar-refractivity contribution in [2.75, 3.05) is 37.6 Å². The second kappa shape index (κ2) is 9.15. The van der Waals surface area contributed by atoms with Gasteiger partial charge in [0.15, 0.2) is 0 Å². The summed E-state index contributed by atoms with van der Waals surface area (Å²) in [7, 11) is 0. The lowest BCUT2D eigenvalue weighted by Gasteiger charge is -2.35. The van der Waals surface area contributed by atoms with E-state index in [1.807, 2.05) is 35.2 Å². The van der Waals surface area contributed by atoms with E-state index in [1.165, 1.54) is 5.01 Å². The Balaban J connectivity index is 1.23. The number of benzene rings is 1. The number of rotatable bonds is 5. The van der Waals surface area contributed by atoms with E-state index >= 15 is 0 Å². The number of hydrogen-bond acceptors (Lipinski definition) is 9. The average molecular weight is 446 g/mol. The Labute approximate surface area is 189 Å². The average Bonchev–Trinajstić information content (AvgIpc) is 3.37. The molecule has 0 saturated carbocycles. The number of carbonyl (C=O) groups is 2. The van der Waals surface area contributed by atoms with Gasteiger partial charge in [0.05, 0.1) is 0 Å². The molecule has 3 aromatic rings. The van der Waals surface area contributed by atoms with E-state index in [0.717, 1.165) is 5.56 Å². The first-order valence-corrected chi connectivity index (χ1v) is 10.7. The molecule has 0 aliphatic carbocycles. The Bertz CT molecular complexity index is 1160. The van der Waals surface area contributed by atoms with Crippen LogP contribution >= 0.6 is 0 Å². The van der Waals surface area contributed by atoms with E-state index in [-0.39, 0.29) is 30.7 Å². The van der Waals surface area contributed by atoms with Crippen molar-refractivity contribution in [1.29, 1.82) is 0 Å². The number of carbonyl (C=O) groups excluding carboxylic acids is 2. The number of aromatic nitrogens is 4. The standard InChI is InChI=1S/C22H22N8O3/c31-18-8-7-17(21-25-20(27-33-21)16-5-2-1-3-6-16)26-30(18)15-19(32)28-11-13-29(14-12-28)22-23-9-4-10-24-22/h1-6,9-10H,7-8,11-15H2. The molecule has 2 aliphatic rings. The van der Waals surface area contributed by atoms with Gasteiger partial charge in [0, 0.05) is 57.0 Å². The Kier molecular flexibility index (Phi) is 5.75. The monoisotopic (exact) mass is 446 g/mol. The molecule has 0 spiro atoms. The topological polar surface area (TPSA) is 121 Å². The molecule has 0 bridgehead atoms.